The predicted octanol–water partition coefficient (Wildman–Crippen LogP) is 3.71. The lowest BCUT2D eigenvalue weighted by Gasteiger charge is -2.29. The highest BCUT2D eigenvalue weighted by Crippen LogP contribution is 2.26. The topological polar surface area (TPSA) is 46.3 Å². The summed E-state index contributed by atoms with van der Waals surface area (Å²) in [7, 11) is 1.89. The Morgan fingerprint density at radius 3 is 2.65 bits per heavy atom. The molecule has 23 heavy (non-hydrogen) atoms. The van der Waals surface area contributed by atoms with Crippen molar-refractivity contribution in [1.29, 1.82) is 0 Å². The molecule has 1 aliphatic rings. The third kappa shape index (κ3) is 3.91. The van der Waals surface area contributed by atoms with E-state index in [0.29, 0.717) is 18.9 Å². The number of fused-ring (bicyclic) bond motifs is 1. The second kappa shape index (κ2) is 7.14. The van der Waals surface area contributed by atoms with Crippen LogP contribution in [0.1, 0.15) is 37.7 Å². The van der Waals surface area contributed by atoms with Crippen molar-refractivity contribution in [2.24, 2.45) is 11.7 Å². The Hall–Kier alpha value is -1.87. The molecule has 0 spiro atoms. The quantitative estimate of drug-likeness (QED) is 0.936. The van der Waals surface area contributed by atoms with Gasteiger partial charge in [-0.15, -0.1) is 0 Å². The summed E-state index contributed by atoms with van der Waals surface area (Å²) in [6.45, 7) is 0.658. The molecule has 2 aromatic carbocycles. The fraction of sp³-hybridized carbons (Fsp3) is 0.450. The van der Waals surface area contributed by atoms with Crippen LogP contribution in [0.15, 0.2) is 42.5 Å². The molecule has 0 aromatic heterocycles. The largest absolute Gasteiger partial charge is 0.341 e. The van der Waals surface area contributed by atoms with Gasteiger partial charge in [0.05, 0.1) is 0 Å². The summed E-state index contributed by atoms with van der Waals surface area (Å²) in [5.74, 6) is 0.566. The standard InChI is InChI=1S/C20H26N2O/c1-22(20(23)13-18-8-4-5-9-19(18)21)14-15-10-11-16-6-2-3-7-17(16)12-15/h2-3,6-7,10-12,18-19H,4-5,8-9,13-14,21H2,1H3. The molecule has 2 aromatic rings. The van der Waals surface area contributed by atoms with E-state index < -0.39 is 0 Å². The summed E-state index contributed by atoms with van der Waals surface area (Å²) in [5.41, 5.74) is 7.35. The Bertz CT molecular complexity index is 682. The van der Waals surface area contributed by atoms with Gasteiger partial charge < -0.3 is 10.6 Å². The molecule has 3 nitrogen and oxygen atoms in total. The third-order valence-electron chi connectivity index (χ3n) is 5.06. The van der Waals surface area contributed by atoms with Crippen molar-refractivity contribution in [1.82, 2.24) is 4.90 Å². The van der Waals surface area contributed by atoms with Crippen molar-refractivity contribution in [3.05, 3.63) is 48.0 Å². The Morgan fingerprint density at radius 2 is 1.87 bits per heavy atom. The lowest BCUT2D eigenvalue weighted by molar-refractivity contribution is -0.131. The predicted molar refractivity (Wildman–Crippen MR) is 95.0 cm³/mol. The maximum Gasteiger partial charge on any atom is 0.222 e. The molecule has 1 saturated carbocycles. The van der Waals surface area contributed by atoms with Crippen LogP contribution in [-0.4, -0.2) is 23.9 Å². The number of benzene rings is 2. The minimum absolute atomic E-state index is 0.196. The molecule has 0 aliphatic heterocycles. The molecule has 122 valence electrons. The van der Waals surface area contributed by atoms with Crippen molar-refractivity contribution in [2.75, 3.05) is 7.05 Å². The van der Waals surface area contributed by atoms with Crippen LogP contribution >= 0.6 is 0 Å². The molecule has 1 aliphatic carbocycles. The second-order valence-corrected chi connectivity index (χ2v) is 6.84. The SMILES string of the molecule is CN(Cc1ccc2ccccc2c1)C(=O)CC1CCCCC1N. The van der Waals surface area contributed by atoms with E-state index in [1.807, 2.05) is 24.1 Å². The minimum Gasteiger partial charge on any atom is -0.341 e. The molecular weight excluding hydrogens is 284 g/mol. The van der Waals surface area contributed by atoms with E-state index in [2.05, 4.69) is 30.3 Å². The maximum absolute atomic E-state index is 12.5. The normalized spacial score (nSPS) is 21.3. The Labute approximate surface area is 138 Å². The van der Waals surface area contributed by atoms with Gasteiger partial charge in [-0.3, -0.25) is 4.79 Å². The monoisotopic (exact) mass is 310 g/mol. The van der Waals surface area contributed by atoms with Crippen molar-refractivity contribution in [3.8, 4) is 0 Å². The molecule has 0 saturated heterocycles. The lowest BCUT2D eigenvalue weighted by Crippen LogP contribution is -2.37. The summed E-state index contributed by atoms with van der Waals surface area (Å²) in [5, 5.41) is 2.46. The van der Waals surface area contributed by atoms with Gasteiger partial charge in [0.1, 0.15) is 0 Å². The van der Waals surface area contributed by atoms with Crippen molar-refractivity contribution in [3.63, 3.8) is 0 Å². The molecule has 1 fully saturated rings. The van der Waals surface area contributed by atoms with E-state index in [0.717, 1.165) is 12.8 Å². The first-order chi connectivity index (χ1) is 11.1. The maximum atomic E-state index is 12.5. The molecule has 0 heterocycles. The molecule has 2 N–H and O–H groups in total. The zero-order chi connectivity index (χ0) is 16.2. The molecule has 2 atom stereocenters. The Kier molecular flexibility index (Phi) is 4.97. The van der Waals surface area contributed by atoms with E-state index in [1.54, 1.807) is 0 Å². The fourth-order valence-corrected chi connectivity index (χ4v) is 3.57. The number of nitrogens with zero attached hydrogens (tertiary/aromatic N) is 1. The summed E-state index contributed by atoms with van der Waals surface area (Å²) >= 11 is 0. The third-order valence-corrected chi connectivity index (χ3v) is 5.06. The van der Waals surface area contributed by atoms with Crippen LogP contribution in [0, 0.1) is 5.92 Å². The lowest BCUT2D eigenvalue weighted by atomic mass is 9.83. The first-order valence-corrected chi connectivity index (χ1v) is 8.61. The van der Waals surface area contributed by atoms with E-state index in [4.69, 9.17) is 5.73 Å². The zero-order valence-corrected chi connectivity index (χ0v) is 13.9. The van der Waals surface area contributed by atoms with Crippen LogP contribution in [0.25, 0.3) is 10.8 Å². The molecule has 3 heteroatoms. The number of rotatable bonds is 4. The van der Waals surface area contributed by atoms with Gasteiger partial charge in [-0.1, -0.05) is 49.2 Å². The molecule has 3 rings (SSSR count). The average molecular weight is 310 g/mol. The van der Waals surface area contributed by atoms with Gasteiger partial charge in [0.15, 0.2) is 0 Å². The highest BCUT2D eigenvalue weighted by atomic mass is 16.2. The van der Waals surface area contributed by atoms with Gasteiger partial charge >= 0.3 is 0 Å². The molecule has 0 bridgehead atoms. The van der Waals surface area contributed by atoms with Crippen LogP contribution in [0.4, 0.5) is 0 Å². The first kappa shape index (κ1) is 16.0. The van der Waals surface area contributed by atoms with Crippen LogP contribution in [-0.2, 0) is 11.3 Å². The molecular formula is C20H26N2O. The molecule has 2 unspecified atom stereocenters. The number of nitrogens with two attached hydrogens (primary N) is 1. The smallest absolute Gasteiger partial charge is 0.222 e. The van der Waals surface area contributed by atoms with E-state index in [9.17, 15) is 4.79 Å². The van der Waals surface area contributed by atoms with E-state index in [1.165, 1.54) is 29.2 Å². The van der Waals surface area contributed by atoms with Crippen LogP contribution in [0.3, 0.4) is 0 Å². The van der Waals surface area contributed by atoms with Crippen LogP contribution < -0.4 is 5.73 Å². The average Bonchev–Trinajstić information content (AvgIpc) is 2.56. The van der Waals surface area contributed by atoms with Crippen molar-refractivity contribution < 1.29 is 4.79 Å². The number of hydrogen-bond acceptors (Lipinski definition) is 2. The molecule has 0 radical (unpaired) electrons. The number of amides is 1. The van der Waals surface area contributed by atoms with Gasteiger partial charge in [-0.25, -0.2) is 0 Å². The van der Waals surface area contributed by atoms with Crippen molar-refractivity contribution >= 4 is 16.7 Å². The number of carbonyl (C=O) groups excluding carboxylic acids is 1. The first-order valence-electron chi connectivity index (χ1n) is 8.61. The zero-order valence-electron chi connectivity index (χ0n) is 13.9. The highest BCUT2D eigenvalue weighted by Gasteiger charge is 2.25. The summed E-state index contributed by atoms with van der Waals surface area (Å²) < 4.78 is 0. The second-order valence-electron chi connectivity index (χ2n) is 6.84. The van der Waals surface area contributed by atoms with Crippen molar-refractivity contribution in [2.45, 2.75) is 44.7 Å². The number of hydrogen-bond donors (Lipinski definition) is 1. The van der Waals surface area contributed by atoms with Gasteiger partial charge in [0.2, 0.25) is 5.91 Å². The van der Waals surface area contributed by atoms with Crippen LogP contribution in [0.5, 0.6) is 0 Å². The van der Waals surface area contributed by atoms with Gasteiger partial charge in [-0.2, -0.15) is 0 Å². The summed E-state index contributed by atoms with van der Waals surface area (Å²) in [6.07, 6.45) is 5.16. The Balaban J connectivity index is 1.62. The summed E-state index contributed by atoms with van der Waals surface area (Å²) in [6, 6.07) is 14.9. The Morgan fingerprint density at radius 1 is 1.13 bits per heavy atom. The van der Waals surface area contributed by atoms with Gasteiger partial charge in [-0.05, 0) is 41.2 Å². The fourth-order valence-electron chi connectivity index (χ4n) is 3.57. The summed E-state index contributed by atoms with van der Waals surface area (Å²) in [4.78, 5) is 14.3. The molecule has 1 amide bonds. The highest BCUT2D eigenvalue weighted by molar-refractivity contribution is 5.83. The van der Waals surface area contributed by atoms with Gasteiger partial charge in [0, 0.05) is 26.1 Å². The minimum atomic E-state index is 0.196. The van der Waals surface area contributed by atoms with E-state index in [-0.39, 0.29) is 11.9 Å². The van der Waals surface area contributed by atoms with Gasteiger partial charge in [0.25, 0.3) is 0 Å². The van der Waals surface area contributed by atoms with Crippen LogP contribution in [0.2, 0.25) is 0 Å². The van der Waals surface area contributed by atoms with E-state index >= 15 is 0 Å². The number of carbonyl (C=O) groups is 1.